The van der Waals surface area contributed by atoms with E-state index >= 15 is 0 Å². The molecule has 1 N–H and O–H groups in total. The molecule has 1 aromatic rings. The largest absolute Gasteiger partial charge is 0.352 e. The lowest BCUT2D eigenvalue weighted by molar-refractivity contribution is -0.157. The van der Waals surface area contributed by atoms with E-state index in [0.717, 1.165) is 11.1 Å². The summed E-state index contributed by atoms with van der Waals surface area (Å²) in [7, 11) is 0. The molecule has 0 spiro atoms. The lowest BCUT2D eigenvalue weighted by Crippen LogP contribution is -2.56. The minimum absolute atomic E-state index is 0.00986. The predicted molar refractivity (Wildman–Crippen MR) is 86.5 cm³/mol. The molecule has 1 fully saturated rings. The van der Waals surface area contributed by atoms with Crippen LogP contribution in [0.25, 0.3) is 0 Å². The Hall–Kier alpha value is -2.37. The van der Waals surface area contributed by atoms with Crippen LogP contribution in [0, 0.1) is 6.92 Å². The first-order valence-electron chi connectivity index (χ1n) is 7.80. The summed E-state index contributed by atoms with van der Waals surface area (Å²) in [5.41, 5.74) is 2.12. The minimum Gasteiger partial charge on any atom is -0.352 e. The van der Waals surface area contributed by atoms with Gasteiger partial charge >= 0.3 is 11.8 Å². The van der Waals surface area contributed by atoms with Gasteiger partial charge in [-0.05, 0) is 31.9 Å². The monoisotopic (exact) mass is 317 g/mol. The van der Waals surface area contributed by atoms with Gasteiger partial charge < -0.3 is 15.1 Å². The molecule has 0 unspecified atom stereocenters. The number of amides is 3. The van der Waals surface area contributed by atoms with E-state index in [-0.39, 0.29) is 18.5 Å². The third-order valence-corrected chi connectivity index (χ3v) is 3.80. The molecule has 1 aliphatic heterocycles. The molecular weight excluding hydrogens is 294 g/mol. The standard InChI is InChI=1S/C17H23N3O3/c1-12(2)18-15(21)11-20-9-8-19(16(22)17(20)23)10-14-7-5-4-6-13(14)3/h4-7,12H,8-11H2,1-3H3,(H,18,21). The number of rotatable bonds is 5. The zero-order valence-corrected chi connectivity index (χ0v) is 13.8. The van der Waals surface area contributed by atoms with Crippen molar-refractivity contribution < 1.29 is 14.4 Å². The quantitative estimate of drug-likeness (QED) is 0.812. The Morgan fingerprint density at radius 2 is 1.74 bits per heavy atom. The van der Waals surface area contributed by atoms with Crippen LogP contribution in [0.15, 0.2) is 24.3 Å². The molecule has 3 amide bonds. The molecule has 1 saturated heterocycles. The smallest absolute Gasteiger partial charge is 0.312 e. The highest BCUT2D eigenvalue weighted by atomic mass is 16.2. The van der Waals surface area contributed by atoms with Crippen LogP contribution in [-0.4, -0.2) is 53.2 Å². The van der Waals surface area contributed by atoms with Crippen molar-refractivity contribution in [1.82, 2.24) is 15.1 Å². The Labute approximate surface area is 136 Å². The van der Waals surface area contributed by atoms with E-state index in [9.17, 15) is 14.4 Å². The Morgan fingerprint density at radius 1 is 1.13 bits per heavy atom. The number of aryl methyl sites for hydroxylation is 1. The summed E-state index contributed by atoms with van der Waals surface area (Å²) in [4.78, 5) is 39.1. The molecule has 1 aliphatic rings. The van der Waals surface area contributed by atoms with Crippen LogP contribution < -0.4 is 5.32 Å². The van der Waals surface area contributed by atoms with Gasteiger partial charge in [0.25, 0.3) is 0 Å². The van der Waals surface area contributed by atoms with E-state index in [4.69, 9.17) is 0 Å². The molecule has 23 heavy (non-hydrogen) atoms. The van der Waals surface area contributed by atoms with Crippen LogP contribution in [-0.2, 0) is 20.9 Å². The second-order valence-electron chi connectivity index (χ2n) is 6.10. The van der Waals surface area contributed by atoms with Gasteiger partial charge in [-0.3, -0.25) is 14.4 Å². The molecule has 6 nitrogen and oxygen atoms in total. The van der Waals surface area contributed by atoms with Gasteiger partial charge in [0.05, 0.1) is 0 Å². The lowest BCUT2D eigenvalue weighted by Gasteiger charge is -2.33. The van der Waals surface area contributed by atoms with Crippen molar-refractivity contribution in [3.8, 4) is 0 Å². The fourth-order valence-electron chi connectivity index (χ4n) is 2.55. The highest BCUT2D eigenvalue weighted by Gasteiger charge is 2.33. The molecule has 0 atom stereocenters. The average Bonchev–Trinajstić information content (AvgIpc) is 2.48. The van der Waals surface area contributed by atoms with Gasteiger partial charge in [0.2, 0.25) is 5.91 Å². The molecule has 0 aromatic heterocycles. The summed E-state index contributed by atoms with van der Waals surface area (Å²) < 4.78 is 0. The molecular formula is C17H23N3O3. The maximum atomic E-state index is 12.3. The third-order valence-electron chi connectivity index (χ3n) is 3.80. The lowest BCUT2D eigenvalue weighted by atomic mass is 10.1. The zero-order valence-electron chi connectivity index (χ0n) is 13.8. The fourth-order valence-corrected chi connectivity index (χ4v) is 2.55. The molecule has 1 aromatic carbocycles. The number of nitrogens with zero attached hydrogens (tertiary/aromatic N) is 2. The second kappa shape index (κ2) is 7.26. The van der Waals surface area contributed by atoms with Crippen LogP contribution in [0.4, 0.5) is 0 Å². The van der Waals surface area contributed by atoms with Gasteiger partial charge in [-0.15, -0.1) is 0 Å². The van der Waals surface area contributed by atoms with Crippen molar-refractivity contribution >= 4 is 17.7 Å². The number of hydrogen-bond acceptors (Lipinski definition) is 3. The Kier molecular flexibility index (Phi) is 5.36. The van der Waals surface area contributed by atoms with Crippen molar-refractivity contribution in [2.45, 2.75) is 33.4 Å². The van der Waals surface area contributed by atoms with Crippen LogP contribution in [0.5, 0.6) is 0 Å². The second-order valence-corrected chi connectivity index (χ2v) is 6.10. The fraction of sp³-hybridized carbons (Fsp3) is 0.471. The number of carbonyl (C=O) groups is 3. The number of benzene rings is 1. The number of nitrogens with one attached hydrogen (secondary N) is 1. The van der Waals surface area contributed by atoms with E-state index in [2.05, 4.69) is 5.32 Å². The first kappa shape index (κ1) is 17.0. The Balaban J connectivity index is 1.97. The number of carbonyl (C=O) groups excluding carboxylic acids is 3. The van der Waals surface area contributed by atoms with Gasteiger partial charge in [-0.2, -0.15) is 0 Å². The molecule has 1 heterocycles. The summed E-state index contributed by atoms with van der Waals surface area (Å²) in [6, 6.07) is 7.80. The summed E-state index contributed by atoms with van der Waals surface area (Å²) in [5, 5.41) is 2.73. The van der Waals surface area contributed by atoms with Gasteiger partial charge in [0, 0.05) is 25.7 Å². The summed E-state index contributed by atoms with van der Waals surface area (Å²) in [5.74, 6) is -1.39. The van der Waals surface area contributed by atoms with Crippen LogP contribution in [0.2, 0.25) is 0 Å². The third kappa shape index (κ3) is 4.31. The highest BCUT2D eigenvalue weighted by Crippen LogP contribution is 2.13. The van der Waals surface area contributed by atoms with Crippen LogP contribution >= 0.6 is 0 Å². The summed E-state index contributed by atoms with van der Waals surface area (Å²) in [6.45, 7) is 6.85. The molecule has 0 bridgehead atoms. The van der Waals surface area contributed by atoms with E-state index < -0.39 is 11.8 Å². The number of piperazine rings is 1. The first-order valence-corrected chi connectivity index (χ1v) is 7.80. The Bertz CT molecular complexity index is 613. The summed E-state index contributed by atoms with van der Waals surface area (Å²) in [6.07, 6.45) is 0. The molecule has 0 aliphatic carbocycles. The van der Waals surface area contributed by atoms with Gasteiger partial charge in [0.15, 0.2) is 0 Å². The molecule has 0 saturated carbocycles. The average molecular weight is 317 g/mol. The number of hydrogen-bond donors (Lipinski definition) is 1. The SMILES string of the molecule is Cc1ccccc1CN1CCN(CC(=O)NC(C)C)C(=O)C1=O. The topological polar surface area (TPSA) is 69.7 Å². The van der Waals surface area contributed by atoms with Crippen LogP contribution in [0.3, 0.4) is 0 Å². The van der Waals surface area contributed by atoms with Crippen molar-refractivity contribution in [2.24, 2.45) is 0 Å². The normalized spacial score (nSPS) is 15.3. The maximum Gasteiger partial charge on any atom is 0.312 e. The molecule has 0 radical (unpaired) electrons. The van der Waals surface area contributed by atoms with E-state index in [1.165, 1.54) is 4.90 Å². The minimum atomic E-state index is -0.608. The molecule has 6 heteroatoms. The first-order chi connectivity index (χ1) is 10.9. The van der Waals surface area contributed by atoms with Crippen molar-refractivity contribution in [3.05, 3.63) is 35.4 Å². The molecule has 124 valence electrons. The highest BCUT2D eigenvalue weighted by molar-refractivity contribution is 6.35. The molecule has 2 rings (SSSR count). The maximum absolute atomic E-state index is 12.3. The Morgan fingerprint density at radius 3 is 2.39 bits per heavy atom. The van der Waals surface area contributed by atoms with Crippen molar-refractivity contribution in [2.75, 3.05) is 19.6 Å². The summed E-state index contributed by atoms with van der Waals surface area (Å²) >= 11 is 0. The zero-order chi connectivity index (χ0) is 17.0. The van der Waals surface area contributed by atoms with Crippen molar-refractivity contribution in [1.29, 1.82) is 0 Å². The van der Waals surface area contributed by atoms with Crippen molar-refractivity contribution in [3.63, 3.8) is 0 Å². The van der Waals surface area contributed by atoms with E-state index in [0.29, 0.717) is 19.6 Å². The van der Waals surface area contributed by atoms with E-state index in [1.54, 1.807) is 4.90 Å². The van der Waals surface area contributed by atoms with Gasteiger partial charge in [0.1, 0.15) is 6.54 Å². The predicted octanol–water partition coefficient (Wildman–Crippen LogP) is 0.690. The van der Waals surface area contributed by atoms with Crippen LogP contribution in [0.1, 0.15) is 25.0 Å². The van der Waals surface area contributed by atoms with E-state index in [1.807, 2.05) is 45.0 Å². The van der Waals surface area contributed by atoms with Gasteiger partial charge in [-0.25, -0.2) is 0 Å². The van der Waals surface area contributed by atoms with Gasteiger partial charge in [-0.1, -0.05) is 24.3 Å².